The second-order valence-corrected chi connectivity index (χ2v) is 8.33. The maximum Gasteiger partial charge on any atom is 0.333 e. The summed E-state index contributed by atoms with van der Waals surface area (Å²) in [6, 6.07) is 9.79. The Balaban J connectivity index is 1.61. The van der Waals surface area contributed by atoms with Crippen LogP contribution < -0.4 is 15.8 Å². The molecule has 3 unspecified atom stereocenters. The van der Waals surface area contributed by atoms with Crippen LogP contribution in [0.1, 0.15) is 18.4 Å². The number of nitrogens with two attached hydrogens (primary N) is 1. The molecule has 2 aromatic rings. The number of nitrogens with zero attached hydrogens (tertiary/aromatic N) is 3. The average Bonchev–Trinajstić information content (AvgIpc) is 3.06. The van der Waals surface area contributed by atoms with Crippen molar-refractivity contribution in [3.05, 3.63) is 42.2 Å². The zero-order chi connectivity index (χ0) is 21.6. The second kappa shape index (κ2) is 9.89. The van der Waals surface area contributed by atoms with Gasteiger partial charge in [-0.05, 0) is 24.8 Å². The molecule has 3 atom stereocenters. The van der Waals surface area contributed by atoms with E-state index in [1.165, 1.54) is 11.9 Å². The molecule has 0 radical (unpaired) electrons. The number of rotatable bonds is 10. The molecule has 11 nitrogen and oxygen atoms in total. The van der Waals surface area contributed by atoms with E-state index in [9.17, 15) is 13.5 Å². The smallest absolute Gasteiger partial charge is 0.333 e. The normalized spacial score (nSPS) is 21.3. The maximum atomic E-state index is 11.0. The highest BCUT2D eigenvalue weighted by atomic mass is 32.2. The third kappa shape index (κ3) is 6.16. The third-order valence-corrected chi connectivity index (χ3v) is 5.39. The van der Waals surface area contributed by atoms with Crippen LogP contribution in [0.2, 0.25) is 0 Å². The van der Waals surface area contributed by atoms with Crippen molar-refractivity contribution in [3.63, 3.8) is 0 Å². The van der Waals surface area contributed by atoms with Crippen LogP contribution in [0.15, 0.2) is 41.8 Å². The molecule has 0 spiro atoms. The molecule has 12 heteroatoms. The standard InChI is InChI=1S/C18H25N7O4S/c19-25-16-17(21-7-6-12-4-2-1-3-5-12)22-11-23-18(16)24-14-8-13(15(26)9-14)10-29-30(20,27)28/h1-5,11,13-15,19,26H,6-10H2,(H2,20,27,28)(H2,21,22,23,24). The van der Waals surface area contributed by atoms with Gasteiger partial charge in [-0.3, -0.25) is 4.18 Å². The minimum atomic E-state index is -4.06. The monoisotopic (exact) mass is 435 g/mol. The molecule has 30 heavy (non-hydrogen) atoms. The van der Waals surface area contributed by atoms with Crippen LogP contribution in [0.4, 0.5) is 17.3 Å². The largest absolute Gasteiger partial charge is 0.393 e. The maximum absolute atomic E-state index is 11.0. The lowest BCUT2D eigenvalue weighted by Gasteiger charge is -2.16. The highest BCUT2D eigenvalue weighted by Crippen LogP contribution is 2.34. The topological polar surface area (TPSA) is 176 Å². The molecule has 0 aliphatic heterocycles. The lowest BCUT2D eigenvalue weighted by atomic mass is 10.1. The molecule has 3 rings (SSSR count). The SMILES string of the molecule is N=Nc1c(NCCc2ccccc2)ncnc1NC1CC(O)C(COS(N)(=O)=O)C1. The van der Waals surface area contributed by atoms with Crippen molar-refractivity contribution < 1.29 is 17.7 Å². The first kappa shape index (κ1) is 22.0. The van der Waals surface area contributed by atoms with E-state index < -0.39 is 16.4 Å². The summed E-state index contributed by atoms with van der Waals surface area (Å²) in [7, 11) is -4.06. The van der Waals surface area contributed by atoms with Gasteiger partial charge in [0.2, 0.25) is 0 Å². The van der Waals surface area contributed by atoms with Gasteiger partial charge in [-0.1, -0.05) is 30.3 Å². The van der Waals surface area contributed by atoms with E-state index in [-0.39, 0.29) is 24.3 Å². The van der Waals surface area contributed by atoms with Crippen molar-refractivity contribution in [2.45, 2.75) is 31.4 Å². The third-order valence-electron chi connectivity index (χ3n) is 4.93. The number of aliphatic hydroxyl groups excluding tert-OH is 1. The van der Waals surface area contributed by atoms with Crippen LogP contribution in [0, 0.1) is 11.4 Å². The van der Waals surface area contributed by atoms with Crippen LogP contribution in [-0.4, -0.2) is 48.8 Å². The zero-order valence-corrected chi connectivity index (χ0v) is 17.0. The highest BCUT2D eigenvalue weighted by molar-refractivity contribution is 7.84. The van der Waals surface area contributed by atoms with E-state index in [0.29, 0.717) is 31.0 Å². The van der Waals surface area contributed by atoms with E-state index >= 15 is 0 Å². The quantitative estimate of drug-likeness (QED) is 0.349. The Labute approximate surface area is 174 Å². The molecule has 0 bridgehead atoms. The second-order valence-electron chi connectivity index (χ2n) is 7.11. The Kier molecular flexibility index (Phi) is 7.26. The molecule has 162 valence electrons. The summed E-state index contributed by atoms with van der Waals surface area (Å²) in [5.41, 5.74) is 8.97. The van der Waals surface area contributed by atoms with Gasteiger partial charge in [-0.15, -0.1) is 0 Å². The number of aliphatic hydroxyl groups is 1. The Morgan fingerprint density at radius 1 is 1.23 bits per heavy atom. The minimum absolute atomic E-state index is 0.191. The number of anilines is 2. The van der Waals surface area contributed by atoms with Crippen molar-refractivity contribution in [2.24, 2.45) is 16.2 Å². The molecule has 1 aromatic carbocycles. The van der Waals surface area contributed by atoms with Gasteiger partial charge in [0.1, 0.15) is 6.33 Å². The van der Waals surface area contributed by atoms with Gasteiger partial charge in [0, 0.05) is 18.5 Å². The van der Waals surface area contributed by atoms with Crippen molar-refractivity contribution in [3.8, 4) is 0 Å². The summed E-state index contributed by atoms with van der Waals surface area (Å²) in [5.74, 6) is 0.418. The fourth-order valence-corrected chi connectivity index (χ4v) is 3.83. The van der Waals surface area contributed by atoms with Crippen LogP contribution in [0.3, 0.4) is 0 Å². The molecule has 1 heterocycles. The summed E-state index contributed by atoms with van der Waals surface area (Å²) < 4.78 is 26.5. The van der Waals surface area contributed by atoms with Crippen LogP contribution in [0.25, 0.3) is 0 Å². The van der Waals surface area contributed by atoms with Crippen molar-refractivity contribution in [1.29, 1.82) is 5.53 Å². The first-order valence-electron chi connectivity index (χ1n) is 9.47. The molecule has 1 saturated carbocycles. The fraction of sp³-hybridized carbons (Fsp3) is 0.444. The van der Waals surface area contributed by atoms with E-state index in [4.69, 9.17) is 10.7 Å². The summed E-state index contributed by atoms with van der Waals surface area (Å²) in [5, 5.41) is 24.9. The van der Waals surface area contributed by atoms with Gasteiger partial charge < -0.3 is 15.7 Å². The molecule has 0 amide bonds. The number of hydrogen-bond donors (Lipinski definition) is 5. The van der Waals surface area contributed by atoms with Gasteiger partial charge in [0.25, 0.3) is 0 Å². The number of hydrogen-bond acceptors (Lipinski definition) is 10. The number of benzene rings is 1. The minimum Gasteiger partial charge on any atom is -0.393 e. The lowest BCUT2D eigenvalue weighted by molar-refractivity contribution is 0.101. The number of nitrogens with one attached hydrogen (secondary N) is 3. The van der Waals surface area contributed by atoms with Crippen molar-refractivity contribution in [2.75, 3.05) is 23.8 Å². The molecular formula is C18H25N7O4S. The van der Waals surface area contributed by atoms with Crippen molar-refractivity contribution >= 4 is 27.6 Å². The first-order chi connectivity index (χ1) is 14.4. The zero-order valence-electron chi connectivity index (χ0n) is 16.2. The molecular weight excluding hydrogens is 410 g/mol. The van der Waals surface area contributed by atoms with Gasteiger partial charge in [-0.25, -0.2) is 20.6 Å². The Bertz CT molecular complexity index is 958. The Hall–Kier alpha value is -2.67. The Morgan fingerprint density at radius 2 is 1.97 bits per heavy atom. The fourth-order valence-electron chi connectivity index (χ4n) is 3.46. The summed E-state index contributed by atoms with van der Waals surface area (Å²) in [4.78, 5) is 8.35. The number of aromatic nitrogens is 2. The molecule has 1 fully saturated rings. The summed E-state index contributed by atoms with van der Waals surface area (Å²) in [6.07, 6.45) is 2.23. The molecule has 0 saturated heterocycles. The van der Waals surface area contributed by atoms with E-state index in [2.05, 4.69) is 29.9 Å². The Morgan fingerprint density at radius 3 is 2.67 bits per heavy atom. The van der Waals surface area contributed by atoms with Crippen LogP contribution in [-0.2, 0) is 20.9 Å². The van der Waals surface area contributed by atoms with Crippen LogP contribution >= 0.6 is 0 Å². The van der Waals surface area contributed by atoms with Gasteiger partial charge in [-0.2, -0.15) is 13.5 Å². The predicted octanol–water partition coefficient (Wildman–Crippen LogP) is 1.57. The van der Waals surface area contributed by atoms with E-state index in [1.807, 2.05) is 30.3 Å². The average molecular weight is 436 g/mol. The van der Waals surface area contributed by atoms with Gasteiger partial charge in [0.15, 0.2) is 17.3 Å². The highest BCUT2D eigenvalue weighted by Gasteiger charge is 2.34. The molecule has 6 N–H and O–H groups in total. The van der Waals surface area contributed by atoms with E-state index in [0.717, 1.165) is 6.42 Å². The molecule has 1 aliphatic carbocycles. The summed E-state index contributed by atoms with van der Waals surface area (Å²) >= 11 is 0. The van der Waals surface area contributed by atoms with Crippen LogP contribution in [0.5, 0.6) is 0 Å². The molecule has 1 aliphatic rings. The lowest BCUT2D eigenvalue weighted by Crippen LogP contribution is -2.24. The summed E-state index contributed by atoms with van der Waals surface area (Å²) in [6.45, 7) is 0.419. The van der Waals surface area contributed by atoms with Gasteiger partial charge >= 0.3 is 10.3 Å². The predicted molar refractivity (Wildman–Crippen MR) is 111 cm³/mol. The van der Waals surface area contributed by atoms with Crippen molar-refractivity contribution in [1.82, 2.24) is 9.97 Å². The van der Waals surface area contributed by atoms with E-state index in [1.54, 1.807) is 0 Å². The molecule has 1 aromatic heterocycles. The van der Waals surface area contributed by atoms with Gasteiger partial charge in [0.05, 0.1) is 12.7 Å². The first-order valence-corrected chi connectivity index (χ1v) is 10.9.